The fraction of sp³-hybridized carbons (Fsp3) is 0.163. The van der Waals surface area contributed by atoms with Gasteiger partial charge >= 0.3 is 6.36 Å². The maximum absolute atomic E-state index is 13.0. The number of methoxy groups -OCH3 is 1. The number of ketones is 1. The Labute approximate surface area is 762 Å². The number of anilines is 3. The maximum Gasteiger partial charge on any atom is 0.573 e. The van der Waals surface area contributed by atoms with Crippen molar-refractivity contribution in [2.24, 2.45) is 17.0 Å². The molecule has 130 heavy (non-hydrogen) atoms. The van der Waals surface area contributed by atoms with E-state index >= 15 is 0 Å². The number of sulfonamides is 1. The number of primary sulfonamides is 1. The molecule has 8 N–H and O–H groups in total. The van der Waals surface area contributed by atoms with Crippen molar-refractivity contribution in [2.45, 2.75) is 56.8 Å². The molecule has 1 aliphatic carbocycles. The summed E-state index contributed by atoms with van der Waals surface area (Å²) in [6.45, 7) is 5.26. The second-order valence-corrected chi connectivity index (χ2v) is 33.4. The number of nitrogens with one attached hydrogen (secondary N) is 2. The van der Waals surface area contributed by atoms with Gasteiger partial charge in [-0.2, -0.15) is 15.2 Å². The average molecular weight is 1830 g/mol. The number of Topliss-reactive ketones (excluding diaryl/α,β-unsaturated/α-hetero) is 1. The van der Waals surface area contributed by atoms with Crippen LogP contribution in [0.15, 0.2) is 301 Å². The Morgan fingerprint density at radius 1 is 0.631 bits per heavy atom. The molecule has 4 amide bonds. The lowest BCUT2D eigenvalue weighted by molar-refractivity contribution is -0.274. The minimum Gasteiger partial charge on any atom is -0.496 e. The molecule has 24 nitrogen and oxygen atoms in total. The SMILES string of the molecule is CN1C(=O)S/C(=C\c2ccc(Oc3ccc(F)cc3)cc2)C1=O.COc1ccccc1-c1cccc(-c2cc(N)nc(N)n2)c1.Cc1c(C(=O)N2CCN(c3cccc(Cl)c3)CC2)cnn1-c1ccc(Cl)cc1.FC(F)(F)Oc1ccccc1-c1cccc(-c2ncn[nH]2)c1.NS(=O)(=O)c1ccccc1-c1ccc(CCC(=O)C2CCC[C@H]2C(=O)NCc2ccccc2)cc1. The van der Waals surface area contributed by atoms with E-state index in [2.05, 4.69) is 45.2 Å². The highest BCUT2D eigenvalue weighted by atomic mass is 35.5. The molecule has 3 fully saturated rings. The Hall–Kier alpha value is -14.3. The van der Waals surface area contributed by atoms with E-state index in [1.165, 1.54) is 43.7 Å². The molecular formula is C98H88Cl2F4N14O10S2. The average Bonchev–Trinajstić information content (AvgIpc) is 1.29. The number of imide groups is 1. The summed E-state index contributed by atoms with van der Waals surface area (Å²) >= 11 is 13.0. The Balaban J connectivity index is 0.000000140. The lowest BCUT2D eigenvalue weighted by Crippen LogP contribution is -2.48. The smallest absolute Gasteiger partial charge is 0.496 e. The van der Waals surface area contributed by atoms with E-state index in [1.54, 1.807) is 121 Å². The lowest BCUT2D eigenvalue weighted by Gasteiger charge is -2.36. The Kier molecular flexibility index (Phi) is 31.2. The number of alkyl halides is 3. The van der Waals surface area contributed by atoms with Gasteiger partial charge in [0.2, 0.25) is 21.9 Å². The van der Waals surface area contributed by atoms with Gasteiger partial charge in [0.25, 0.3) is 17.1 Å². The quantitative estimate of drug-likeness (QED) is 0.0329. The lowest BCUT2D eigenvalue weighted by atomic mass is 9.88. The van der Waals surface area contributed by atoms with Gasteiger partial charge in [-0.3, -0.25) is 34.0 Å². The summed E-state index contributed by atoms with van der Waals surface area (Å²) in [7, 11) is -0.715. The third kappa shape index (κ3) is 25.1. The topological polar surface area (TPSA) is 332 Å². The number of halogens is 6. The zero-order valence-electron chi connectivity index (χ0n) is 70.4. The normalized spacial score (nSPS) is 14.4. The van der Waals surface area contributed by atoms with Crippen LogP contribution < -0.4 is 41.0 Å². The molecule has 1 unspecified atom stereocenters. The number of likely N-dealkylation sites (N-methyl/N-ethyl adjacent to an activating group) is 1. The summed E-state index contributed by atoms with van der Waals surface area (Å²) in [5.41, 5.74) is 24.3. The van der Waals surface area contributed by atoms with E-state index in [0.29, 0.717) is 93.5 Å². The zero-order valence-corrected chi connectivity index (χ0v) is 73.6. The predicted molar refractivity (Wildman–Crippen MR) is 497 cm³/mol. The number of H-pyrrole nitrogens is 1. The fourth-order valence-electron chi connectivity index (χ4n) is 14.7. The van der Waals surface area contributed by atoms with Crippen molar-refractivity contribution in [2.75, 3.05) is 56.7 Å². The highest BCUT2D eigenvalue weighted by Gasteiger charge is 2.38. The number of rotatable bonds is 21. The van der Waals surface area contributed by atoms with Gasteiger partial charge in [0.1, 0.15) is 46.7 Å². The van der Waals surface area contributed by atoms with Crippen LogP contribution in [-0.4, -0.2) is 129 Å². The number of ether oxygens (including phenoxy) is 3. The van der Waals surface area contributed by atoms with Gasteiger partial charge in [0.05, 0.1) is 45.7 Å². The Morgan fingerprint density at radius 2 is 1.24 bits per heavy atom. The molecule has 5 heterocycles. The summed E-state index contributed by atoms with van der Waals surface area (Å²) in [5.74, 6) is 1.75. The molecule has 0 radical (unpaired) electrons. The second kappa shape index (κ2) is 43.5. The van der Waals surface area contributed by atoms with Crippen LogP contribution >= 0.6 is 35.0 Å². The number of aromatic amines is 1. The minimum absolute atomic E-state index is 0.0171. The third-order valence-corrected chi connectivity index (χ3v) is 23.7. The number of benzene rings is 11. The van der Waals surface area contributed by atoms with Crippen molar-refractivity contribution in [3.63, 3.8) is 0 Å². The molecule has 2 aliphatic heterocycles. The van der Waals surface area contributed by atoms with Crippen molar-refractivity contribution in [1.82, 2.24) is 50.0 Å². The van der Waals surface area contributed by atoms with E-state index in [-0.39, 0.29) is 63.0 Å². The van der Waals surface area contributed by atoms with Crippen molar-refractivity contribution in [1.29, 1.82) is 0 Å². The molecule has 32 heteroatoms. The number of hydrogen-bond donors (Lipinski definition) is 5. The predicted octanol–water partition coefficient (Wildman–Crippen LogP) is 20.0. The summed E-state index contributed by atoms with van der Waals surface area (Å²) < 4.78 is 91.0. The van der Waals surface area contributed by atoms with Gasteiger partial charge in [0.15, 0.2) is 5.82 Å². The summed E-state index contributed by atoms with van der Waals surface area (Å²) in [5, 5.41) is 20.3. The number of piperazine rings is 1. The number of nitrogens with zero attached hydrogens (tertiary/aromatic N) is 9. The van der Waals surface area contributed by atoms with Crippen LogP contribution in [0, 0.1) is 24.6 Å². The van der Waals surface area contributed by atoms with Crippen LogP contribution in [0.2, 0.25) is 10.0 Å². The molecular weight excluding hydrogens is 1740 g/mol. The van der Waals surface area contributed by atoms with Crippen LogP contribution in [0.4, 0.5) is 39.8 Å². The van der Waals surface area contributed by atoms with Crippen LogP contribution in [0.1, 0.15) is 58.4 Å². The highest BCUT2D eigenvalue weighted by molar-refractivity contribution is 8.18. The van der Waals surface area contributed by atoms with Gasteiger partial charge in [-0.15, -0.1) is 13.2 Å². The van der Waals surface area contributed by atoms with Crippen molar-refractivity contribution >= 4 is 97.3 Å². The first-order chi connectivity index (χ1) is 62.6. The fourth-order valence-corrected chi connectivity index (χ4v) is 16.6. The maximum atomic E-state index is 13.0. The highest BCUT2D eigenvalue weighted by Crippen LogP contribution is 2.39. The van der Waals surface area contributed by atoms with Crippen LogP contribution in [0.5, 0.6) is 23.0 Å². The third-order valence-electron chi connectivity index (χ3n) is 21.3. The van der Waals surface area contributed by atoms with Crippen LogP contribution in [0.25, 0.3) is 67.8 Å². The van der Waals surface area contributed by atoms with E-state index in [4.69, 9.17) is 49.3 Å². The molecule has 17 rings (SSSR count). The first kappa shape index (κ1) is 93.3. The number of hydrogen-bond acceptors (Lipinski definition) is 19. The number of para-hydroxylation sites is 2. The number of aromatic nitrogens is 7. The molecule has 2 atom stereocenters. The summed E-state index contributed by atoms with van der Waals surface area (Å²) in [6, 6.07) is 82.4. The van der Waals surface area contributed by atoms with Crippen molar-refractivity contribution < 1.29 is 64.2 Å². The molecule has 3 aliphatic rings. The minimum atomic E-state index is -4.74. The molecule has 0 spiro atoms. The first-order valence-corrected chi connectivity index (χ1v) is 44.1. The van der Waals surface area contributed by atoms with Gasteiger partial charge in [-0.05, 0) is 187 Å². The Bertz CT molecular complexity index is 6440. The van der Waals surface area contributed by atoms with E-state index < -0.39 is 16.4 Å². The molecule has 0 bridgehead atoms. The molecule has 664 valence electrons. The van der Waals surface area contributed by atoms with E-state index in [9.17, 15) is 50.0 Å². The molecule has 1 saturated carbocycles. The molecule has 2 saturated heterocycles. The number of carbonyl (C=O) groups is 5. The van der Waals surface area contributed by atoms with E-state index in [0.717, 1.165) is 121 Å². The largest absolute Gasteiger partial charge is 0.573 e. The number of amides is 4. The monoisotopic (exact) mass is 1830 g/mol. The zero-order chi connectivity index (χ0) is 92.0. The van der Waals surface area contributed by atoms with Crippen molar-refractivity contribution in [3.8, 4) is 84.7 Å². The second-order valence-electron chi connectivity index (χ2n) is 30.0. The van der Waals surface area contributed by atoms with Gasteiger partial charge in [0, 0.05) is 108 Å². The van der Waals surface area contributed by atoms with Crippen LogP contribution in [-0.2, 0) is 37.4 Å². The van der Waals surface area contributed by atoms with E-state index in [1.807, 2.05) is 163 Å². The van der Waals surface area contributed by atoms with Crippen LogP contribution in [0.3, 0.4) is 0 Å². The molecule has 3 aromatic heterocycles. The summed E-state index contributed by atoms with van der Waals surface area (Å²) in [6.07, 6.45) is 3.27. The number of aryl methyl sites for hydroxylation is 1. The van der Waals surface area contributed by atoms with Crippen molar-refractivity contribution in [3.05, 3.63) is 340 Å². The number of nitrogens with two attached hydrogens (primary N) is 3. The molecule has 14 aromatic rings. The number of carbonyl (C=O) groups excluding carboxylic acids is 5. The summed E-state index contributed by atoms with van der Waals surface area (Å²) in [4.78, 5) is 79.9. The standard InChI is InChI=1S/C28H30N2O4S.C21H20Cl2N4O.C17H12FNO3S.C17H16N4O.C15H10F3N3O/c29-35(33,34)27-12-5-4-9-23(27)22-16-13-20(14-17-22)15-18-26(31)24-10-6-11-25(24)28(32)30-19-21-7-2-1-3-8-21;1-15-20(14-24-27(15)18-7-5-16(22)6-8-18)21(28)26-11-9-25(10-12-26)19-4-2-3-17(23)13-19;1-19-16(20)15(23-17(19)21)10-11-2-6-13(7-3-11)22-14-8-4-12(18)5-9-14;1-22-15-8-3-2-7-13(15)11-5-4-6-12(9-11)14-10-16(18)21-17(19)20-14;16-15(17,18)22-13-7-2-1-6-12(13)10-4-3-5-11(8-10)14-19-9-20-21-14/h1-5,7-9,12-14,16-17,24-25H,6,10-11,15,18-19H2,(H,30,32)(H2,29,33,34);2-8,13-14H,9-12H2,1H3;2-10H,1H3;2-10H,1H3,(H4,18,19,20,21);1-9H,(H,19,20,21)/b;;15-10-;;/t24?,25-;;;;/m1..../s1. The van der Waals surface area contributed by atoms with Gasteiger partial charge < -0.3 is 40.8 Å². The molecule has 11 aromatic carbocycles. The number of nitrogen functional groups attached to an aromatic ring is 2. The Morgan fingerprint density at radius 3 is 1.87 bits per heavy atom. The van der Waals surface area contributed by atoms with Gasteiger partial charge in [-0.25, -0.2) is 32.6 Å². The number of thioether (sulfide) groups is 1. The first-order valence-electron chi connectivity index (χ1n) is 40.9. The van der Waals surface area contributed by atoms with Gasteiger partial charge in [-0.1, -0.05) is 193 Å².